The molecule has 1 N–H and O–H groups in total. The summed E-state index contributed by atoms with van der Waals surface area (Å²) in [6.07, 6.45) is 0. The third kappa shape index (κ3) is 7.12. The topological polar surface area (TPSA) is 46.5 Å². The maximum Gasteiger partial charge on any atom is 0.115 e. The van der Waals surface area contributed by atoms with E-state index in [1.165, 1.54) is 6.92 Å². The predicted octanol–water partition coefficient (Wildman–Crippen LogP) is 1.40. The molecule has 4 heteroatoms. The number of phenols is 1. The fraction of sp³-hybridized carbons (Fsp3) is 0.125. The van der Waals surface area contributed by atoms with Crippen LogP contribution in [0.25, 0.3) is 0 Å². The minimum absolute atomic E-state index is 0.322. The van der Waals surface area contributed by atoms with Gasteiger partial charge in [-0.05, 0) is 12.1 Å². The normalized spacial score (nSPS) is 7.92. The van der Waals surface area contributed by atoms with E-state index in [2.05, 4.69) is 20.2 Å². The van der Waals surface area contributed by atoms with Crippen molar-refractivity contribution in [2.24, 2.45) is 0 Å². The molecule has 12 heavy (non-hydrogen) atoms. The molecule has 0 spiro atoms. The first-order valence-corrected chi connectivity index (χ1v) is 3.55. The van der Waals surface area contributed by atoms with Crippen LogP contribution < -0.4 is 0 Å². The molecule has 0 amide bonds. The molecule has 1 aromatic rings. The van der Waals surface area contributed by atoms with E-state index in [9.17, 15) is 4.79 Å². The summed E-state index contributed by atoms with van der Waals surface area (Å²) < 4.78 is 3.67. The van der Waals surface area contributed by atoms with Crippen molar-refractivity contribution < 1.29 is 30.1 Å². The minimum Gasteiger partial charge on any atom is -0.508 e. The summed E-state index contributed by atoms with van der Waals surface area (Å²) in [7, 11) is 0. The van der Waals surface area contributed by atoms with Crippen LogP contribution in [0.5, 0.6) is 5.75 Å². The zero-order chi connectivity index (χ0) is 9.40. The molecule has 0 aromatic heterocycles. The van der Waals surface area contributed by atoms with Crippen LogP contribution in [0.3, 0.4) is 0 Å². The fourth-order valence-corrected chi connectivity index (χ4v) is 0.428. The van der Waals surface area contributed by atoms with Crippen molar-refractivity contribution in [3.05, 3.63) is 30.3 Å². The van der Waals surface area contributed by atoms with Crippen molar-refractivity contribution in [3.63, 3.8) is 0 Å². The van der Waals surface area contributed by atoms with Crippen molar-refractivity contribution >= 4 is 5.97 Å². The Labute approximate surface area is 79.5 Å². The average Bonchev–Trinajstić information content (AvgIpc) is 2.07. The molecule has 0 radical (unpaired) electrons. The van der Waals surface area contributed by atoms with Crippen molar-refractivity contribution in [1.29, 1.82) is 0 Å². The molecule has 0 fully saturated rings. The second-order valence-electron chi connectivity index (χ2n) is 1.89. The Morgan fingerprint density at radius 2 is 1.83 bits per heavy atom. The molecular formula is C8H9CuO3. The second-order valence-corrected chi connectivity index (χ2v) is 2.08. The number of benzene rings is 1. The number of hydrogen-bond acceptors (Lipinski definition) is 3. The fourth-order valence-electron chi connectivity index (χ4n) is 0.428. The van der Waals surface area contributed by atoms with E-state index in [0.29, 0.717) is 5.75 Å². The van der Waals surface area contributed by atoms with Gasteiger partial charge in [0.2, 0.25) is 0 Å². The third-order valence-electron chi connectivity index (χ3n) is 0.843. The van der Waals surface area contributed by atoms with Gasteiger partial charge in [0, 0.05) is 0 Å². The molecule has 0 saturated carbocycles. The Bertz CT molecular complexity index is 223. The van der Waals surface area contributed by atoms with Crippen LogP contribution in [0.15, 0.2) is 30.3 Å². The first-order valence-electron chi connectivity index (χ1n) is 3.17. The van der Waals surface area contributed by atoms with Crippen LogP contribution in [0.1, 0.15) is 6.92 Å². The smallest absolute Gasteiger partial charge is 0.115 e. The first kappa shape index (κ1) is 11.0. The zero-order valence-corrected chi connectivity index (χ0v) is 7.39. The number of carbonyl (C=O) groups is 1. The molecule has 0 saturated heterocycles. The van der Waals surface area contributed by atoms with E-state index in [1.807, 2.05) is 6.07 Å². The Balaban J connectivity index is 0.000000217. The molecular weight excluding hydrogens is 208 g/mol. The maximum absolute atomic E-state index is 9.48. The molecule has 0 heterocycles. The molecule has 0 aliphatic carbocycles. The maximum atomic E-state index is 9.48. The Morgan fingerprint density at radius 1 is 1.42 bits per heavy atom. The molecule has 0 aliphatic rings. The number of phenolic OH excluding ortho intramolecular Hbond substituents is 1. The molecule has 0 aliphatic heterocycles. The number of hydrogen-bond donors (Lipinski definition) is 1. The van der Waals surface area contributed by atoms with Gasteiger partial charge in [-0.15, -0.1) is 0 Å². The molecule has 0 atom stereocenters. The van der Waals surface area contributed by atoms with Gasteiger partial charge in [0.1, 0.15) is 5.75 Å². The van der Waals surface area contributed by atoms with Crippen LogP contribution >= 0.6 is 0 Å². The van der Waals surface area contributed by atoms with Crippen molar-refractivity contribution in [3.8, 4) is 5.75 Å². The largest absolute Gasteiger partial charge is 0.508 e. The van der Waals surface area contributed by atoms with Gasteiger partial charge in [0.05, 0.1) is 0 Å². The monoisotopic (exact) mass is 216 g/mol. The van der Waals surface area contributed by atoms with Gasteiger partial charge < -0.3 is 5.11 Å². The van der Waals surface area contributed by atoms with E-state index in [1.54, 1.807) is 24.3 Å². The van der Waals surface area contributed by atoms with Gasteiger partial charge in [-0.25, -0.2) is 0 Å². The van der Waals surface area contributed by atoms with Gasteiger partial charge in [0.25, 0.3) is 0 Å². The quantitative estimate of drug-likeness (QED) is 0.667. The summed E-state index contributed by atoms with van der Waals surface area (Å²) in [4.78, 5) is 9.48. The third-order valence-corrected chi connectivity index (χ3v) is 1.11. The van der Waals surface area contributed by atoms with Gasteiger partial charge in [-0.3, -0.25) is 0 Å². The summed E-state index contributed by atoms with van der Waals surface area (Å²) in [5.41, 5.74) is 0. The van der Waals surface area contributed by atoms with Gasteiger partial charge in [0.15, 0.2) is 0 Å². The summed E-state index contributed by atoms with van der Waals surface area (Å²) in [6, 6.07) is 8.71. The van der Waals surface area contributed by atoms with Gasteiger partial charge >= 0.3 is 37.8 Å². The van der Waals surface area contributed by atoms with Gasteiger partial charge in [-0.1, -0.05) is 18.2 Å². The van der Waals surface area contributed by atoms with Crippen LogP contribution in [0, 0.1) is 0 Å². The van der Waals surface area contributed by atoms with Crippen LogP contribution in [0.2, 0.25) is 0 Å². The molecule has 0 unspecified atom stereocenters. The molecule has 3 nitrogen and oxygen atoms in total. The van der Waals surface area contributed by atoms with E-state index in [0.717, 1.165) is 0 Å². The van der Waals surface area contributed by atoms with E-state index in [-0.39, 0.29) is 0 Å². The number of carbonyl (C=O) groups excluding carboxylic acids is 1. The average molecular weight is 217 g/mol. The zero-order valence-electron chi connectivity index (χ0n) is 6.45. The molecule has 1 aromatic carbocycles. The number of rotatable bonds is 0. The molecule has 1 rings (SSSR count). The van der Waals surface area contributed by atoms with E-state index in [4.69, 9.17) is 5.11 Å². The summed E-state index contributed by atoms with van der Waals surface area (Å²) >= 11 is 3.95. The van der Waals surface area contributed by atoms with Gasteiger partial charge in [-0.2, -0.15) is 0 Å². The van der Waals surface area contributed by atoms with E-state index < -0.39 is 5.97 Å². The predicted molar refractivity (Wildman–Crippen MR) is 39.9 cm³/mol. The number of aromatic hydroxyl groups is 1. The Kier molecular flexibility index (Phi) is 6.15. The molecule has 0 bridgehead atoms. The van der Waals surface area contributed by atoms with Crippen LogP contribution in [-0.4, -0.2) is 11.1 Å². The summed E-state index contributed by atoms with van der Waals surface area (Å²) in [5.74, 6) is -0.118. The standard InChI is InChI=1S/C6H6O.C2H4O2.Cu/c7-6-4-2-1-3-5-6;1-2(3)4;/h1-5,7H;1H3,(H,3,4);/q;;+1/p-1. The molecule has 70 valence electrons. The SMILES string of the molecule is CC(=O)[O][Cu].Oc1ccccc1. The van der Waals surface area contributed by atoms with E-state index >= 15 is 0 Å². The Morgan fingerprint density at radius 3 is 2.00 bits per heavy atom. The summed E-state index contributed by atoms with van der Waals surface area (Å²) in [6.45, 7) is 1.25. The van der Waals surface area contributed by atoms with Crippen molar-refractivity contribution in [2.45, 2.75) is 6.92 Å². The van der Waals surface area contributed by atoms with Crippen molar-refractivity contribution in [2.75, 3.05) is 0 Å². The number of para-hydroxylation sites is 1. The first-order chi connectivity index (χ1) is 5.66. The Hall–Kier alpha value is -0.991. The van der Waals surface area contributed by atoms with Crippen LogP contribution in [-0.2, 0) is 25.0 Å². The second kappa shape index (κ2) is 6.70. The van der Waals surface area contributed by atoms with Crippen molar-refractivity contribution in [1.82, 2.24) is 0 Å². The minimum atomic E-state index is -0.440. The summed E-state index contributed by atoms with van der Waals surface area (Å²) in [5, 5.41) is 8.63. The van der Waals surface area contributed by atoms with Crippen LogP contribution in [0.4, 0.5) is 0 Å².